The van der Waals surface area contributed by atoms with E-state index in [1.807, 2.05) is 38.1 Å². The van der Waals surface area contributed by atoms with Crippen LogP contribution in [0.4, 0.5) is 5.13 Å². The van der Waals surface area contributed by atoms with Gasteiger partial charge in [0.25, 0.3) is 5.56 Å². The van der Waals surface area contributed by atoms with E-state index in [1.165, 1.54) is 22.2 Å². The van der Waals surface area contributed by atoms with Crippen LogP contribution in [-0.4, -0.2) is 52.5 Å². The Hall–Kier alpha value is -2.29. The van der Waals surface area contributed by atoms with Crippen LogP contribution in [0.25, 0.3) is 10.2 Å². The van der Waals surface area contributed by atoms with E-state index < -0.39 is 0 Å². The van der Waals surface area contributed by atoms with Crippen LogP contribution in [0.15, 0.2) is 23.3 Å². The van der Waals surface area contributed by atoms with Gasteiger partial charge in [-0.05, 0) is 46.5 Å². The topological polar surface area (TPSA) is 71.3 Å². The molecular weight excluding hydrogens is 410 g/mol. The summed E-state index contributed by atoms with van der Waals surface area (Å²) >= 11 is 7.73. The van der Waals surface area contributed by atoms with Gasteiger partial charge in [0.2, 0.25) is 5.91 Å². The maximum atomic E-state index is 13.2. The van der Waals surface area contributed by atoms with E-state index in [0.717, 1.165) is 15.8 Å². The van der Waals surface area contributed by atoms with Gasteiger partial charge in [0.1, 0.15) is 6.54 Å². The van der Waals surface area contributed by atoms with Crippen LogP contribution < -0.4 is 10.5 Å². The molecule has 0 aliphatic carbocycles. The molecule has 2 aromatic heterocycles. The molecule has 0 saturated heterocycles. The number of amides is 1. The number of hydrogen-bond acceptors (Lipinski definition) is 6. The molecule has 0 saturated carbocycles. The first-order chi connectivity index (χ1) is 13.7. The maximum absolute atomic E-state index is 13.2. The van der Waals surface area contributed by atoms with Crippen LogP contribution in [0.5, 0.6) is 0 Å². The molecule has 0 radical (unpaired) electrons. The van der Waals surface area contributed by atoms with Crippen LogP contribution in [-0.2, 0) is 11.3 Å². The summed E-state index contributed by atoms with van der Waals surface area (Å²) < 4.78 is 2.20. The average Bonchev–Trinajstić information content (AvgIpc) is 3.11. The van der Waals surface area contributed by atoms with Gasteiger partial charge in [-0.1, -0.05) is 29.0 Å². The van der Waals surface area contributed by atoms with E-state index >= 15 is 0 Å². The minimum atomic E-state index is -0.216. The van der Waals surface area contributed by atoms with Gasteiger partial charge in [-0.3, -0.25) is 19.1 Å². The van der Waals surface area contributed by atoms with E-state index in [1.54, 1.807) is 18.7 Å². The third-order valence-electron chi connectivity index (χ3n) is 4.81. The normalized spacial score (nSPS) is 11.4. The summed E-state index contributed by atoms with van der Waals surface area (Å²) in [5.74, 6) is -0.216. The molecule has 0 unspecified atom stereocenters. The van der Waals surface area contributed by atoms with Crippen molar-refractivity contribution in [1.82, 2.24) is 19.4 Å². The van der Waals surface area contributed by atoms with Gasteiger partial charge in [0, 0.05) is 24.3 Å². The van der Waals surface area contributed by atoms with E-state index in [4.69, 9.17) is 11.6 Å². The van der Waals surface area contributed by atoms with Gasteiger partial charge in [-0.25, -0.2) is 9.97 Å². The second-order valence-corrected chi connectivity index (χ2v) is 8.66. The number of halogens is 1. The highest BCUT2D eigenvalue weighted by molar-refractivity contribution is 7.23. The number of benzene rings is 1. The minimum absolute atomic E-state index is 0.0942. The molecule has 0 aliphatic heterocycles. The molecule has 2 heterocycles. The molecule has 0 spiro atoms. The molecule has 7 nitrogen and oxygen atoms in total. The van der Waals surface area contributed by atoms with Gasteiger partial charge in [-0.15, -0.1) is 0 Å². The second kappa shape index (κ2) is 8.61. The molecule has 0 fully saturated rings. The van der Waals surface area contributed by atoms with E-state index in [0.29, 0.717) is 34.5 Å². The Labute approximate surface area is 178 Å². The summed E-state index contributed by atoms with van der Waals surface area (Å²) in [5, 5.41) is 1.19. The summed E-state index contributed by atoms with van der Waals surface area (Å²) in [6, 6.07) is 3.76. The van der Waals surface area contributed by atoms with E-state index in [2.05, 4.69) is 9.97 Å². The number of aryl methyl sites for hydroxylation is 2. The summed E-state index contributed by atoms with van der Waals surface area (Å²) in [6.45, 7) is 6.48. The predicted molar refractivity (Wildman–Crippen MR) is 118 cm³/mol. The van der Waals surface area contributed by atoms with Crippen molar-refractivity contribution in [2.75, 3.05) is 32.1 Å². The summed E-state index contributed by atoms with van der Waals surface area (Å²) in [4.78, 5) is 38.2. The van der Waals surface area contributed by atoms with Crippen LogP contribution in [0, 0.1) is 20.8 Å². The zero-order valence-corrected chi connectivity index (χ0v) is 18.8. The molecule has 1 amide bonds. The number of anilines is 1. The quantitative estimate of drug-likeness (QED) is 0.597. The molecule has 29 heavy (non-hydrogen) atoms. The number of fused-ring (bicyclic) bond motifs is 1. The van der Waals surface area contributed by atoms with Crippen LogP contribution in [0.3, 0.4) is 0 Å². The van der Waals surface area contributed by atoms with Crippen molar-refractivity contribution in [2.45, 2.75) is 27.3 Å². The van der Waals surface area contributed by atoms with E-state index in [-0.39, 0.29) is 18.0 Å². The Morgan fingerprint density at radius 2 is 1.93 bits per heavy atom. The monoisotopic (exact) mass is 433 g/mol. The molecule has 154 valence electrons. The van der Waals surface area contributed by atoms with Crippen molar-refractivity contribution in [3.8, 4) is 0 Å². The zero-order chi connectivity index (χ0) is 21.3. The molecule has 3 aromatic rings. The number of aromatic nitrogens is 3. The fraction of sp³-hybridized carbons (Fsp3) is 0.400. The van der Waals surface area contributed by atoms with Crippen molar-refractivity contribution in [1.29, 1.82) is 0 Å². The van der Waals surface area contributed by atoms with Gasteiger partial charge in [-0.2, -0.15) is 0 Å². The number of carbonyl (C=O) groups excluding carboxylic acids is 1. The number of likely N-dealkylation sites (N-methyl/N-ethyl adjacent to an activating group) is 1. The lowest BCUT2D eigenvalue weighted by molar-refractivity contribution is -0.119. The highest BCUT2D eigenvalue weighted by Gasteiger charge is 2.22. The Morgan fingerprint density at radius 3 is 2.59 bits per heavy atom. The number of thiazole rings is 1. The molecule has 0 atom stereocenters. The van der Waals surface area contributed by atoms with Crippen molar-refractivity contribution >= 4 is 44.2 Å². The van der Waals surface area contributed by atoms with Crippen LogP contribution >= 0.6 is 22.9 Å². The zero-order valence-electron chi connectivity index (χ0n) is 17.2. The van der Waals surface area contributed by atoms with Crippen molar-refractivity contribution in [3.05, 3.63) is 50.7 Å². The molecule has 0 bridgehead atoms. The molecule has 9 heteroatoms. The van der Waals surface area contributed by atoms with Gasteiger partial charge < -0.3 is 4.90 Å². The largest absolute Gasteiger partial charge is 0.308 e. The van der Waals surface area contributed by atoms with Crippen molar-refractivity contribution < 1.29 is 4.79 Å². The fourth-order valence-electron chi connectivity index (χ4n) is 2.85. The van der Waals surface area contributed by atoms with Gasteiger partial charge >= 0.3 is 0 Å². The van der Waals surface area contributed by atoms with Gasteiger partial charge in [0.15, 0.2) is 5.13 Å². The highest BCUT2D eigenvalue weighted by Crippen LogP contribution is 2.35. The third-order valence-corrected chi connectivity index (χ3v) is 6.35. The predicted octanol–water partition coefficient (Wildman–Crippen LogP) is 3.03. The first kappa shape index (κ1) is 21.4. The smallest absolute Gasteiger partial charge is 0.256 e. The minimum Gasteiger partial charge on any atom is -0.308 e. The summed E-state index contributed by atoms with van der Waals surface area (Å²) in [7, 11) is 3.89. The highest BCUT2D eigenvalue weighted by atomic mass is 35.5. The standard InChI is InChI=1S/C20H24ClN5O2S/c1-12-6-7-15(21)18-17(12)23-20(29-18)26(9-8-24(4)5)16(27)10-25-11-22-14(3)13(2)19(25)28/h6-7,11H,8-10H2,1-5H3. The first-order valence-corrected chi connectivity index (χ1v) is 10.4. The second-order valence-electron chi connectivity index (χ2n) is 7.28. The number of rotatable bonds is 6. The summed E-state index contributed by atoms with van der Waals surface area (Å²) in [5.41, 5.74) is 2.80. The van der Waals surface area contributed by atoms with Crippen LogP contribution in [0.1, 0.15) is 16.8 Å². The van der Waals surface area contributed by atoms with Gasteiger partial charge in [0.05, 0.1) is 21.6 Å². The number of hydrogen-bond donors (Lipinski definition) is 0. The summed E-state index contributed by atoms with van der Waals surface area (Å²) in [6.07, 6.45) is 1.42. The van der Waals surface area contributed by atoms with Crippen LogP contribution in [0.2, 0.25) is 5.02 Å². The lowest BCUT2D eigenvalue weighted by Gasteiger charge is -2.22. The number of carbonyl (C=O) groups is 1. The molecule has 3 rings (SSSR count). The Bertz CT molecular complexity index is 1080. The first-order valence-electron chi connectivity index (χ1n) is 9.22. The Balaban J connectivity index is 1.98. The Kier molecular flexibility index (Phi) is 6.36. The number of nitrogens with zero attached hydrogens (tertiary/aromatic N) is 5. The third kappa shape index (κ3) is 4.49. The molecular formula is C20H24ClN5O2S. The van der Waals surface area contributed by atoms with Crippen molar-refractivity contribution in [3.63, 3.8) is 0 Å². The Morgan fingerprint density at radius 1 is 1.21 bits per heavy atom. The average molecular weight is 434 g/mol. The van der Waals surface area contributed by atoms with Crippen molar-refractivity contribution in [2.24, 2.45) is 0 Å². The van der Waals surface area contributed by atoms with E-state index in [9.17, 15) is 9.59 Å². The lowest BCUT2D eigenvalue weighted by atomic mass is 10.2. The molecule has 0 N–H and O–H groups in total. The fourth-order valence-corrected chi connectivity index (χ4v) is 4.21. The maximum Gasteiger partial charge on any atom is 0.256 e. The SMILES string of the molecule is Cc1ncn(CC(=O)N(CCN(C)C)c2nc3c(C)ccc(Cl)c3s2)c(=O)c1C. The lowest BCUT2D eigenvalue weighted by Crippen LogP contribution is -2.40. The molecule has 1 aromatic carbocycles. The molecule has 0 aliphatic rings.